The molecule has 0 amide bonds. The molecule has 0 unspecified atom stereocenters. The van der Waals surface area contributed by atoms with Crippen molar-refractivity contribution in [1.82, 2.24) is 9.97 Å². The van der Waals surface area contributed by atoms with Crippen LogP contribution in [0.4, 0.5) is 0 Å². The number of aromatic amines is 1. The summed E-state index contributed by atoms with van der Waals surface area (Å²) in [7, 11) is 1.63. The first kappa shape index (κ1) is 15.8. The minimum Gasteiger partial charge on any atom is -0.496 e. The molecule has 4 nitrogen and oxygen atoms in total. The molecule has 1 atom stereocenters. The number of hydrogen-bond acceptors (Lipinski definition) is 4. The summed E-state index contributed by atoms with van der Waals surface area (Å²) in [6.45, 7) is 2.27. The Kier molecular flexibility index (Phi) is 3.96. The van der Waals surface area contributed by atoms with E-state index in [1.54, 1.807) is 18.4 Å². The van der Waals surface area contributed by atoms with Crippen molar-refractivity contribution in [1.29, 1.82) is 0 Å². The highest BCUT2D eigenvalue weighted by Crippen LogP contribution is 2.36. The second kappa shape index (κ2) is 6.01. The minimum atomic E-state index is -0.0333. The Morgan fingerprint density at radius 1 is 1.42 bits per heavy atom. The van der Waals surface area contributed by atoms with Crippen LogP contribution in [-0.2, 0) is 12.8 Å². The molecule has 0 saturated heterocycles. The number of methoxy groups -OCH3 is 1. The Labute approximate surface area is 152 Å². The van der Waals surface area contributed by atoms with Crippen molar-refractivity contribution in [2.45, 2.75) is 26.2 Å². The van der Waals surface area contributed by atoms with Gasteiger partial charge >= 0.3 is 0 Å². The van der Waals surface area contributed by atoms with E-state index in [0.717, 1.165) is 45.3 Å². The van der Waals surface area contributed by atoms with Crippen LogP contribution in [-0.4, -0.2) is 17.1 Å². The molecule has 1 aromatic carbocycles. The Morgan fingerprint density at radius 3 is 3.00 bits per heavy atom. The molecule has 0 spiro atoms. The summed E-state index contributed by atoms with van der Waals surface area (Å²) in [5, 5.41) is 0.790. The quantitative estimate of drug-likeness (QED) is 0.681. The minimum absolute atomic E-state index is 0.0333. The van der Waals surface area contributed by atoms with Gasteiger partial charge in [0, 0.05) is 10.4 Å². The van der Waals surface area contributed by atoms with Gasteiger partial charge in [-0.2, -0.15) is 0 Å². The maximum absolute atomic E-state index is 12.7. The zero-order chi connectivity index (χ0) is 16.8. The zero-order valence-electron chi connectivity index (χ0n) is 13.5. The predicted octanol–water partition coefficient (Wildman–Crippen LogP) is 4.55. The fourth-order valence-corrected chi connectivity index (χ4v) is 5.22. The molecule has 2 heterocycles. The summed E-state index contributed by atoms with van der Waals surface area (Å²) in [6, 6.07) is 5.69. The van der Waals surface area contributed by atoms with E-state index in [0.29, 0.717) is 11.7 Å². The molecule has 124 valence electrons. The molecule has 0 bridgehead atoms. The number of ether oxygens (including phenoxy) is 1. The molecule has 0 radical (unpaired) electrons. The fraction of sp³-hybridized carbons (Fsp3) is 0.333. The number of fused-ring (bicyclic) bond motifs is 3. The summed E-state index contributed by atoms with van der Waals surface area (Å²) in [6.07, 6.45) is 3.18. The molecular formula is C18H17BrN2O2S. The molecule has 0 saturated carbocycles. The first-order valence-corrected chi connectivity index (χ1v) is 9.56. The second-order valence-electron chi connectivity index (χ2n) is 6.30. The lowest BCUT2D eigenvalue weighted by Gasteiger charge is -2.17. The molecule has 1 aliphatic rings. The van der Waals surface area contributed by atoms with Crippen LogP contribution in [0, 0.1) is 5.92 Å². The van der Waals surface area contributed by atoms with Crippen LogP contribution >= 0.6 is 27.3 Å². The van der Waals surface area contributed by atoms with Gasteiger partial charge in [-0.25, -0.2) is 4.98 Å². The van der Waals surface area contributed by atoms with Crippen molar-refractivity contribution in [2.75, 3.05) is 7.11 Å². The fourth-order valence-electron chi connectivity index (χ4n) is 3.30. The largest absolute Gasteiger partial charge is 0.496 e. The van der Waals surface area contributed by atoms with Gasteiger partial charge in [-0.3, -0.25) is 4.79 Å². The smallest absolute Gasteiger partial charge is 0.260 e. The van der Waals surface area contributed by atoms with E-state index in [-0.39, 0.29) is 5.56 Å². The highest BCUT2D eigenvalue weighted by atomic mass is 79.9. The van der Waals surface area contributed by atoms with Gasteiger partial charge in [0.2, 0.25) is 0 Å². The van der Waals surface area contributed by atoms with Gasteiger partial charge in [0.1, 0.15) is 16.4 Å². The maximum Gasteiger partial charge on any atom is 0.260 e. The van der Waals surface area contributed by atoms with Crippen LogP contribution in [0.5, 0.6) is 5.75 Å². The molecule has 2 aromatic heterocycles. The third-order valence-electron chi connectivity index (χ3n) is 4.59. The molecular weight excluding hydrogens is 388 g/mol. The second-order valence-corrected chi connectivity index (χ2v) is 8.23. The molecule has 4 rings (SSSR count). The first-order chi connectivity index (χ1) is 11.6. The topological polar surface area (TPSA) is 55.0 Å². The average Bonchev–Trinajstić information content (AvgIpc) is 2.92. The number of nitrogens with zero attached hydrogens (tertiary/aromatic N) is 1. The van der Waals surface area contributed by atoms with Crippen LogP contribution in [0.3, 0.4) is 0 Å². The number of halogens is 1. The number of rotatable bonds is 2. The number of nitrogens with one attached hydrogen (secondary N) is 1. The number of hydrogen-bond donors (Lipinski definition) is 1. The van der Waals surface area contributed by atoms with E-state index in [9.17, 15) is 4.79 Å². The van der Waals surface area contributed by atoms with Gasteiger partial charge in [-0.15, -0.1) is 11.3 Å². The molecule has 3 aromatic rings. The predicted molar refractivity (Wildman–Crippen MR) is 101 cm³/mol. The number of benzene rings is 1. The Balaban J connectivity index is 1.87. The van der Waals surface area contributed by atoms with Gasteiger partial charge in [0.25, 0.3) is 5.56 Å². The van der Waals surface area contributed by atoms with Crippen molar-refractivity contribution >= 4 is 37.5 Å². The molecule has 1 N–H and O–H groups in total. The summed E-state index contributed by atoms with van der Waals surface area (Å²) < 4.78 is 6.10. The summed E-state index contributed by atoms with van der Waals surface area (Å²) in [5.74, 6) is 2.03. The summed E-state index contributed by atoms with van der Waals surface area (Å²) in [5.41, 5.74) is 2.04. The molecule has 24 heavy (non-hydrogen) atoms. The zero-order valence-corrected chi connectivity index (χ0v) is 15.9. The molecule has 1 aliphatic carbocycles. The van der Waals surface area contributed by atoms with E-state index >= 15 is 0 Å². The van der Waals surface area contributed by atoms with E-state index in [1.807, 2.05) is 18.2 Å². The van der Waals surface area contributed by atoms with Crippen molar-refractivity contribution in [2.24, 2.45) is 5.92 Å². The monoisotopic (exact) mass is 404 g/mol. The lowest BCUT2D eigenvalue weighted by atomic mass is 9.89. The van der Waals surface area contributed by atoms with Gasteiger partial charge in [0.05, 0.1) is 17.0 Å². The van der Waals surface area contributed by atoms with E-state index in [2.05, 4.69) is 27.8 Å². The number of aromatic nitrogens is 2. The van der Waals surface area contributed by atoms with Gasteiger partial charge in [-0.1, -0.05) is 6.92 Å². The third-order valence-corrected chi connectivity index (χ3v) is 6.36. The summed E-state index contributed by atoms with van der Waals surface area (Å²) >= 11 is 5.15. The van der Waals surface area contributed by atoms with Gasteiger partial charge in [-0.05, 0) is 64.9 Å². The lowest BCUT2D eigenvalue weighted by Crippen LogP contribution is -2.13. The normalized spacial score (nSPS) is 17.0. The van der Waals surface area contributed by atoms with Crippen LogP contribution in [0.2, 0.25) is 0 Å². The van der Waals surface area contributed by atoms with E-state index in [4.69, 9.17) is 9.72 Å². The van der Waals surface area contributed by atoms with Gasteiger partial charge < -0.3 is 9.72 Å². The summed E-state index contributed by atoms with van der Waals surface area (Å²) in [4.78, 5) is 22.5. The number of thiophene rings is 1. The van der Waals surface area contributed by atoms with Gasteiger partial charge in [0.15, 0.2) is 0 Å². The first-order valence-electron chi connectivity index (χ1n) is 7.95. The van der Waals surface area contributed by atoms with E-state index < -0.39 is 0 Å². The lowest BCUT2D eigenvalue weighted by molar-refractivity contribution is 0.412. The maximum atomic E-state index is 12.7. The van der Waals surface area contributed by atoms with Crippen LogP contribution in [0.25, 0.3) is 21.6 Å². The van der Waals surface area contributed by atoms with Crippen molar-refractivity contribution in [3.8, 4) is 17.1 Å². The van der Waals surface area contributed by atoms with Crippen molar-refractivity contribution in [3.63, 3.8) is 0 Å². The molecule has 6 heteroatoms. The highest BCUT2D eigenvalue weighted by molar-refractivity contribution is 9.10. The van der Waals surface area contributed by atoms with Crippen molar-refractivity contribution in [3.05, 3.63) is 43.5 Å². The molecule has 0 fully saturated rings. The van der Waals surface area contributed by atoms with Crippen LogP contribution in [0.15, 0.2) is 27.5 Å². The molecule has 0 aliphatic heterocycles. The Hall–Kier alpha value is -1.66. The Bertz CT molecular complexity index is 993. The standard InChI is InChI=1S/C18H17BrN2O2S/c1-9-3-5-11-14(7-9)24-18-15(11)17(22)20-16(21-18)10-4-6-13(23-2)12(19)8-10/h4,6,8-9H,3,5,7H2,1-2H3,(H,20,21,22)/t9-/m1/s1. The van der Waals surface area contributed by atoms with Crippen LogP contribution in [0.1, 0.15) is 23.8 Å². The van der Waals surface area contributed by atoms with Crippen molar-refractivity contribution < 1.29 is 4.74 Å². The highest BCUT2D eigenvalue weighted by Gasteiger charge is 2.23. The number of H-pyrrole nitrogens is 1. The third kappa shape index (κ3) is 2.58. The van der Waals surface area contributed by atoms with E-state index in [1.165, 1.54) is 10.4 Å². The SMILES string of the molecule is COc1ccc(-c2nc3sc4c(c3c(=O)[nH]2)CC[C@@H](C)C4)cc1Br. The Morgan fingerprint density at radius 2 is 2.25 bits per heavy atom. The van der Waals surface area contributed by atoms with Crippen LogP contribution < -0.4 is 10.3 Å². The number of aryl methyl sites for hydroxylation is 1. The average molecular weight is 405 g/mol.